The quantitative estimate of drug-likeness (QED) is 0.734. The molecule has 1 amide bonds. The maximum absolute atomic E-state index is 13.1. The van der Waals surface area contributed by atoms with Crippen molar-refractivity contribution in [3.05, 3.63) is 94.8 Å². The van der Waals surface area contributed by atoms with E-state index in [1.54, 1.807) is 42.7 Å². The van der Waals surface area contributed by atoms with E-state index in [0.717, 1.165) is 11.3 Å². The molecule has 27 heavy (non-hydrogen) atoms. The van der Waals surface area contributed by atoms with E-state index in [1.165, 1.54) is 5.01 Å². The molecule has 0 spiro atoms. The van der Waals surface area contributed by atoms with Crippen LogP contribution < -0.4 is 0 Å². The predicted molar refractivity (Wildman–Crippen MR) is 104 cm³/mol. The SMILES string of the molecule is O=C(c1ccncc1)N1N=C(c2cccc(Cl)c2)C[C@H]1c1ccccc1O. The van der Waals surface area contributed by atoms with E-state index >= 15 is 0 Å². The molecule has 0 unspecified atom stereocenters. The molecule has 3 aromatic rings. The molecular weight excluding hydrogens is 362 g/mol. The Kier molecular flexibility index (Phi) is 4.60. The second kappa shape index (κ2) is 7.21. The zero-order valence-corrected chi connectivity index (χ0v) is 15.0. The Balaban J connectivity index is 1.77. The summed E-state index contributed by atoms with van der Waals surface area (Å²) in [5, 5.41) is 16.9. The first-order valence-corrected chi connectivity index (χ1v) is 8.86. The Morgan fingerprint density at radius 1 is 1.07 bits per heavy atom. The minimum absolute atomic E-state index is 0.137. The van der Waals surface area contributed by atoms with E-state index < -0.39 is 6.04 Å². The number of halogens is 1. The van der Waals surface area contributed by atoms with Crippen molar-refractivity contribution in [1.82, 2.24) is 9.99 Å². The van der Waals surface area contributed by atoms with Crippen LogP contribution in [0.15, 0.2) is 78.2 Å². The number of benzene rings is 2. The van der Waals surface area contributed by atoms with E-state index in [9.17, 15) is 9.90 Å². The zero-order chi connectivity index (χ0) is 18.8. The van der Waals surface area contributed by atoms with Crippen molar-refractivity contribution in [3.63, 3.8) is 0 Å². The van der Waals surface area contributed by atoms with Gasteiger partial charge in [-0.25, -0.2) is 5.01 Å². The van der Waals surface area contributed by atoms with Gasteiger partial charge in [0.05, 0.1) is 11.8 Å². The number of hydrogen-bond donors (Lipinski definition) is 1. The molecule has 134 valence electrons. The minimum atomic E-state index is -0.402. The van der Waals surface area contributed by atoms with Gasteiger partial charge in [0.1, 0.15) is 5.75 Å². The smallest absolute Gasteiger partial charge is 0.274 e. The number of hydrogen-bond acceptors (Lipinski definition) is 4. The fourth-order valence-corrected chi connectivity index (χ4v) is 3.37. The lowest BCUT2D eigenvalue weighted by Gasteiger charge is -2.22. The lowest BCUT2D eigenvalue weighted by Crippen LogP contribution is -2.27. The number of phenols is 1. The highest BCUT2D eigenvalue weighted by atomic mass is 35.5. The van der Waals surface area contributed by atoms with Crippen LogP contribution in [0.5, 0.6) is 5.75 Å². The fraction of sp³-hybridized carbons (Fsp3) is 0.0952. The first-order valence-electron chi connectivity index (χ1n) is 8.48. The van der Waals surface area contributed by atoms with Gasteiger partial charge < -0.3 is 5.11 Å². The van der Waals surface area contributed by atoms with Gasteiger partial charge in [-0.3, -0.25) is 9.78 Å². The van der Waals surface area contributed by atoms with Crippen LogP contribution in [0, 0.1) is 0 Å². The molecule has 0 saturated carbocycles. The van der Waals surface area contributed by atoms with Crippen LogP contribution in [0.1, 0.15) is 33.9 Å². The summed E-state index contributed by atoms with van der Waals surface area (Å²) in [5.41, 5.74) is 2.74. The van der Waals surface area contributed by atoms with Crippen LogP contribution >= 0.6 is 11.6 Å². The first kappa shape index (κ1) is 17.2. The Morgan fingerprint density at radius 3 is 2.59 bits per heavy atom. The fourth-order valence-electron chi connectivity index (χ4n) is 3.18. The number of para-hydroxylation sites is 1. The second-order valence-electron chi connectivity index (χ2n) is 6.22. The molecule has 2 heterocycles. The molecule has 0 fully saturated rings. The minimum Gasteiger partial charge on any atom is -0.508 e. The van der Waals surface area contributed by atoms with Crippen LogP contribution in [0.2, 0.25) is 5.02 Å². The van der Waals surface area contributed by atoms with Crippen molar-refractivity contribution in [2.24, 2.45) is 5.10 Å². The van der Waals surface area contributed by atoms with Crippen molar-refractivity contribution in [1.29, 1.82) is 0 Å². The molecular formula is C21H16ClN3O2. The van der Waals surface area contributed by atoms with Gasteiger partial charge in [-0.2, -0.15) is 5.10 Å². The van der Waals surface area contributed by atoms with Crippen molar-refractivity contribution in [2.75, 3.05) is 0 Å². The molecule has 1 N–H and O–H groups in total. The number of nitrogens with zero attached hydrogens (tertiary/aromatic N) is 3. The Morgan fingerprint density at radius 2 is 1.85 bits per heavy atom. The maximum atomic E-state index is 13.1. The maximum Gasteiger partial charge on any atom is 0.274 e. The highest BCUT2D eigenvalue weighted by Crippen LogP contribution is 2.37. The molecule has 5 nitrogen and oxygen atoms in total. The summed E-state index contributed by atoms with van der Waals surface area (Å²) in [5.74, 6) is -0.111. The number of hydrazone groups is 1. The third kappa shape index (κ3) is 3.41. The Bertz CT molecular complexity index is 1020. The number of carbonyl (C=O) groups excluding carboxylic acids is 1. The van der Waals surface area contributed by atoms with Crippen molar-refractivity contribution >= 4 is 23.2 Å². The summed E-state index contributed by atoms with van der Waals surface area (Å²) in [6, 6.07) is 17.3. The van der Waals surface area contributed by atoms with Gasteiger partial charge >= 0.3 is 0 Å². The molecule has 0 aliphatic carbocycles. The molecule has 4 rings (SSSR count). The number of aromatic hydroxyl groups is 1. The lowest BCUT2D eigenvalue weighted by atomic mass is 9.97. The van der Waals surface area contributed by atoms with Gasteiger partial charge in [0, 0.05) is 35.0 Å². The summed E-state index contributed by atoms with van der Waals surface area (Å²) >= 11 is 6.11. The Labute approximate surface area is 161 Å². The van der Waals surface area contributed by atoms with Crippen LogP contribution in [0.3, 0.4) is 0 Å². The van der Waals surface area contributed by atoms with Gasteiger partial charge in [0.25, 0.3) is 5.91 Å². The van der Waals surface area contributed by atoms with Crippen LogP contribution in [0.4, 0.5) is 0 Å². The van der Waals surface area contributed by atoms with Gasteiger partial charge in [-0.1, -0.05) is 41.9 Å². The topological polar surface area (TPSA) is 65.8 Å². The number of amides is 1. The molecule has 0 saturated heterocycles. The van der Waals surface area contributed by atoms with Gasteiger partial charge in [0.2, 0.25) is 0 Å². The third-order valence-electron chi connectivity index (χ3n) is 4.50. The van der Waals surface area contributed by atoms with E-state index in [2.05, 4.69) is 10.1 Å². The van der Waals surface area contributed by atoms with E-state index in [-0.39, 0.29) is 11.7 Å². The highest BCUT2D eigenvalue weighted by molar-refractivity contribution is 6.31. The molecule has 6 heteroatoms. The van der Waals surface area contributed by atoms with Crippen LogP contribution in [0.25, 0.3) is 0 Å². The standard InChI is InChI=1S/C21H16ClN3O2/c22-16-5-3-4-15(12-16)18-13-19(17-6-1-2-7-20(17)26)25(24-18)21(27)14-8-10-23-11-9-14/h1-12,19,26H,13H2/t19-/m0/s1. The van der Waals surface area contributed by atoms with Crippen molar-refractivity contribution < 1.29 is 9.90 Å². The molecule has 1 aliphatic heterocycles. The lowest BCUT2D eigenvalue weighted by molar-refractivity contribution is 0.0709. The van der Waals surface area contributed by atoms with E-state index in [0.29, 0.717) is 22.6 Å². The Hall–Kier alpha value is -3.18. The van der Waals surface area contributed by atoms with Gasteiger partial charge in [0.15, 0.2) is 0 Å². The summed E-state index contributed by atoms with van der Waals surface area (Å²) in [4.78, 5) is 17.0. The summed E-state index contributed by atoms with van der Waals surface area (Å²) in [7, 11) is 0. The molecule has 0 radical (unpaired) electrons. The van der Waals surface area contributed by atoms with Crippen LogP contribution in [-0.4, -0.2) is 26.7 Å². The second-order valence-corrected chi connectivity index (χ2v) is 6.66. The molecule has 1 atom stereocenters. The normalized spacial score (nSPS) is 16.3. The largest absolute Gasteiger partial charge is 0.508 e. The zero-order valence-electron chi connectivity index (χ0n) is 14.3. The van der Waals surface area contributed by atoms with Gasteiger partial charge in [-0.05, 0) is 35.9 Å². The number of pyridine rings is 1. The first-order chi connectivity index (χ1) is 13.1. The monoisotopic (exact) mass is 377 g/mol. The highest BCUT2D eigenvalue weighted by Gasteiger charge is 2.35. The number of phenolic OH excluding ortho intramolecular Hbond substituents is 1. The molecule has 0 bridgehead atoms. The van der Waals surface area contributed by atoms with Crippen LogP contribution in [-0.2, 0) is 0 Å². The third-order valence-corrected chi connectivity index (χ3v) is 4.73. The number of rotatable bonds is 3. The molecule has 1 aromatic heterocycles. The van der Waals surface area contributed by atoms with E-state index in [1.807, 2.05) is 30.3 Å². The summed E-state index contributed by atoms with van der Waals surface area (Å²) in [6.45, 7) is 0. The molecule has 1 aliphatic rings. The van der Waals surface area contributed by atoms with E-state index in [4.69, 9.17) is 11.6 Å². The average molecular weight is 378 g/mol. The van der Waals surface area contributed by atoms with Crippen molar-refractivity contribution in [2.45, 2.75) is 12.5 Å². The number of carbonyl (C=O) groups is 1. The predicted octanol–water partition coefficient (Wildman–Crippen LogP) is 4.43. The van der Waals surface area contributed by atoms with Gasteiger partial charge in [-0.15, -0.1) is 0 Å². The van der Waals surface area contributed by atoms with Crippen molar-refractivity contribution in [3.8, 4) is 5.75 Å². The number of aromatic nitrogens is 1. The summed E-state index contributed by atoms with van der Waals surface area (Å²) < 4.78 is 0. The molecule has 2 aromatic carbocycles. The average Bonchev–Trinajstić information content (AvgIpc) is 3.13. The summed E-state index contributed by atoms with van der Waals surface area (Å²) in [6.07, 6.45) is 3.62.